The van der Waals surface area contributed by atoms with Gasteiger partial charge in [-0.15, -0.1) is 0 Å². The number of phenols is 1. The minimum atomic E-state index is -0.707. The summed E-state index contributed by atoms with van der Waals surface area (Å²) in [5.74, 6) is -0.0270. The Hall–Kier alpha value is -3.92. The van der Waals surface area contributed by atoms with Gasteiger partial charge in [0.2, 0.25) is 6.41 Å². The molecule has 0 radical (unpaired) electrons. The number of carbonyl (C=O) groups is 2. The van der Waals surface area contributed by atoms with Gasteiger partial charge in [-0.2, -0.15) is 0 Å². The predicted octanol–water partition coefficient (Wildman–Crippen LogP) is 7.08. The second kappa shape index (κ2) is 18.3. The Labute approximate surface area is 273 Å². The maximum absolute atomic E-state index is 12.9. The van der Waals surface area contributed by atoms with Crippen molar-refractivity contribution in [2.24, 2.45) is 0 Å². The third kappa shape index (κ3) is 11.2. The van der Waals surface area contributed by atoms with E-state index in [9.17, 15) is 19.8 Å². The number of amides is 2. The van der Waals surface area contributed by atoms with Gasteiger partial charge in [-0.3, -0.25) is 10.1 Å². The number of piperidine rings is 1. The molecule has 9 nitrogen and oxygen atoms in total. The fourth-order valence-electron chi connectivity index (χ4n) is 5.94. The number of phenolic OH excluding ortho intramolecular Hbond substituents is 1. The lowest BCUT2D eigenvalue weighted by atomic mass is 9.93. The zero-order valence-electron chi connectivity index (χ0n) is 27.0. The highest BCUT2D eigenvalue weighted by molar-refractivity contribution is 5.91. The van der Waals surface area contributed by atoms with E-state index in [-0.39, 0.29) is 5.75 Å². The van der Waals surface area contributed by atoms with Gasteiger partial charge in [-0.05, 0) is 75.0 Å². The number of aliphatic hydroxyl groups excluding tert-OH is 1. The molecule has 0 spiro atoms. The summed E-state index contributed by atoms with van der Waals surface area (Å²) in [6.07, 6.45) is 9.38. The lowest BCUT2D eigenvalue weighted by Crippen LogP contribution is -2.46. The molecule has 1 heterocycles. The van der Waals surface area contributed by atoms with Gasteiger partial charge < -0.3 is 30.5 Å². The van der Waals surface area contributed by atoms with E-state index in [0.717, 1.165) is 68.7 Å². The molecule has 1 aliphatic rings. The van der Waals surface area contributed by atoms with Crippen LogP contribution < -0.4 is 16.0 Å². The Morgan fingerprint density at radius 3 is 2.33 bits per heavy atom. The highest BCUT2D eigenvalue weighted by Crippen LogP contribution is 2.30. The Kier molecular flexibility index (Phi) is 13.9. The van der Waals surface area contributed by atoms with Crippen molar-refractivity contribution in [3.8, 4) is 16.9 Å². The molecule has 3 aromatic rings. The van der Waals surface area contributed by atoms with E-state index in [4.69, 9.17) is 4.74 Å². The van der Waals surface area contributed by atoms with Crippen LogP contribution in [0.3, 0.4) is 0 Å². The molecule has 9 heteroatoms. The summed E-state index contributed by atoms with van der Waals surface area (Å²) in [7, 11) is 0. The topological polar surface area (TPSA) is 123 Å². The van der Waals surface area contributed by atoms with Gasteiger partial charge in [0.1, 0.15) is 11.4 Å². The Balaban J connectivity index is 1.01. The lowest BCUT2D eigenvalue weighted by molar-refractivity contribution is -0.105. The van der Waals surface area contributed by atoms with Crippen molar-refractivity contribution in [2.45, 2.75) is 76.4 Å². The van der Waals surface area contributed by atoms with E-state index in [1.165, 1.54) is 38.2 Å². The molecule has 0 saturated carbocycles. The number of rotatable bonds is 18. The van der Waals surface area contributed by atoms with Crippen molar-refractivity contribution < 1.29 is 24.5 Å². The molecular weight excluding hydrogens is 580 g/mol. The van der Waals surface area contributed by atoms with Gasteiger partial charge in [0.05, 0.1) is 17.5 Å². The molecule has 5 N–H and O–H groups in total. The van der Waals surface area contributed by atoms with E-state index in [2.05, 4.69) is 20.9 Å². The largest absolute Gasteiger partial charge is 0.506 e. The zero-order chi connectivity index (χ0) is 32.6. The predicted molar refractivity (Wildman–Crippen MR) is 184 cm³/mol. The van der Waals surface area contributed by atoms with Gasteiger partial charge in [-0.1, -0.05) is 86.7 Å². The quantitative estimate of drug-likeness (QED) is 0.0578. The van der Waals surface area contributed by atoms with Gasteiger partial charge in [0.15, 0.2) is 0 Å². The molecule has 0 aliphatic carbocycles. The van der Waals surface area contributed by atoms with Crippen LogP contribution >= 0.6 is 0 Å². The van der Waals surface area contributed by atoms with Crippen LogP contribution in [0, 0.1) is 0 Å². The Bertz CT molecular complexity index is 1360. The third-order valence-corrected chi connectivity index (χ3v) is 8.79. The standard InChI is InChI=1S/C37H50N4O5/c1-37(46-36(45)40-32-17-11-10-16-31(32)29-14-8-7-9-15-29)20-24-41(25-21-37)23-13-6-4-2-3-5-12-22-38-27-35(44)30-18-19-34(43)33(26-30)39-28-42/h7-11,14-19,26,28,35,38,43-44H,2-6,12-13,20-25,27H2,1H3,(H,39,42)(H,40,45). The summed E-state index contributed by atoms with van der Waals surface area (Å²) in [5.41, 5.74) is 3.26. The van der Waals surface area contributed by atoms with Crippen LogP contribution in [0.15, 0.2) is 72.8 Å². The molecule has 3 aromatic carbocycles. The maximum atomic E-state index is 12.9. The van der Waals surface area contributed by atoms with Crippen LogP contribution in [0.4, 0.5) is 16.2 Å². The summed E-state index contributed by atoms with van der Waals surface area (Å²) in [4.78, 5) is 26.0. The van der Waals surface area contributed by atoms with Crippen molar-refractivity contribution in [2.75, 3.05) is 43.4 Å². The maximum Gasteiger partial charge on any atom is 0.412 e. The van der Waals surface area contributed by atoms with Gasteiger partial charge in [-0.25, -0.2) is 4.79 Å². The van der Waals surface area contributed by atoms with Crippen LogP contribution in [0.5, 0.6) is 5.75 Å². The monoisotopic (exact) mass is 630 g/mol. The summed E-state index contributed by atoms with van der Waals surface area (Å²) in [6, 6.07) is 22.6. The number of unbranched alkanes of at least 4 members (excludes halogenated alkanes) is 6. The number of benzene rings is 3. The van der Waals surface area contributed by atoms with Crippen molar-refractivity contribution in [1.82, 2.24) is 10.2 Å². The molecule has 1 fully saturated rings. The number of nitrogens with one attached hydrogen (secondary N) is 3. The molecular formula is C37H50N4O5. The number of carbonyl (C=O) groups excluding carboxylic acids is 2. The average Bonchev–Trinajstić information content (AvgIpc) is 3.06. The molecule has 1 aliphatic heterocycles. The molecule has 248 valence electrons. The second-order valence-corrected chi connectivity index (χ2v) is 12.5. The first-order valence-electron chi connectivity index (χ1n) is 16.7. The highest BCUT2D eigenvalue weighted by Gasteiger charge is 2.33. The van der Waals surface area contributed by atoms with Crippen molar-refractivity contribution in [3.63, 3.8) is 0 Å². The first-order chi connectivity index (χ1) is 22.4. The molecule has 46 heavy (non-hydrogen) atoms. The number of nitrogens with zero attached hydrogens (tertiary/aromatic N) is 1. The number of hydrogen-bond donors (Lipinski definition) is 5. The summed E-state index contributed by atoms with van der Waals surface area (Å²) in [5, 5.41) is 28.8. The number of likely N-dealkylation sites (tertiary alicyclic amines) is 1. The van der Waals surface area contributed by atoms with Crippen LogP contribution in [-0.4, -0.2) is 65.9 Å². The molecule has 1 unspecified atom stereocenters. The van der Waals surface area contributed by atoms with E-state index < -0.39 is 17.8 Å². The number of para-hydroxylation sites is 1. The lowest BCUT2D eigenvalue weighted by Gasteiger charge is -2.38. The number of hydrogen-bond acceptors (Lipinski definition) is 7. The van der Waals surface area contributed by atoms with Gasteiger partial charge >= 0.3 is 6.09 Å². The molecule has 4 rings (SSSR count). The first kappa shape index (κ1) is 34.9. The average molecular weight is 631 g/mol. The number of aliphatic hydroxyl groups is 1. The van der Waals surface area contributed by atoms with E-state index >= 15 is 0 Å². The van der Waals surface area contributed by atoms with Crippen molar-refractivity contribution in [1.29, 1.82) is 0 Å². The number of anilines is 2. The fraction of sp³-hybridized carbons (Fsp3) is 0.459. The molecule has 2 amide bonds. The first-order valence-corrected chi connectivity index (χ1v) is 16.7. The summed E-state index contributed by atoms with van der Waals surface area (Å²) >= 11 is 0. The second-order valence-electron chi connectivity index (χ2n) is 12.5. The van der Waals surface area contributed by atoms with Gasteiger partial charge in [0.25, 0.3) is 0 Å². The minimum absolute atomic E-state index is 0.0270. The molecule has 1 saturated heterocycles. The van der Waals surface area contributed by atoms with E-state index in [1.807, 2.05) is 61.5 Å². The fourth-order valence-corrected chi connectivity index (χ4v) is 5.94. The summed E-state index contributed by atoms with van der Waals surface area (Å²) in [6.45, 7) is 6.28. The van der Waals surface area contributed by atoms with Crippen LogP contribution in [0.2, 0.25) is 0 Å². The van der Waals surface area contributed by atoms with E-state index in [1.54, 1.807) is 12.1 Å². The van der Waals surface area contributed by atoms with Crippen LogP contribution in [0.25, 0.3) is 11.1 Å². The normalized spacial score (nSPS) is 15.2. The zero-order valence-corrected chi connectivity index (χ0v) is 27.0. The van der Waals surface area contributed by atoms with Crippen molar-refractivity contribution in [3.05, 3.63) is 78.4 Å². The smallest absolute Gasteiger partial charge is 0.412 e. The summed E-state index contributed by atoms with van der Waals surface area (Å²) < 4.78 is 5.96. The van der Waals surface area contributed by atoms with Crippen molar-refractivity contribution >= 4 is 23.9 Å². The Morgan fingerprint density at radius 2 is 1.59 bits per heavy atom. The molecule has 1 atom stereocenters. The minimum Gasteiger partial charge on any atom is -0.506 e. The SMILES string of the molecule is CC1(OC(=O)Nc2ccccc2-c2ccccc2)CCN(CCCCCCCCCNCC(O)c2ccc(O)c(NC=O)c2)CC1. The Morgan fingerprint density at radius 1 is 0.913 bits per heavy atom. The van der Waals surface area contributed by atoms with E-state index in [0.29, 0.717) is 24.2 Å². The van der Waals surface area contributed by atoms with Crippen LogP contribution in [-0.2, 0) is 9.53 Å². The molecule has 0 bridgehead atoms. The molecule has 0 aromatic heterocycles. The highest BCUT2D eigenvalue weighted by atomic mass is 16.6. The van der Waals surface area contributed by atoms with Crippen LogP contribution in [0.1, 0.15) is 76.4 Å². The van der Waals surface area contributed by atoms with Gasteiger partial charge in [0, 0.05) is 25.2 Å². The third-order valence-electron chi connectivity index (χ3n) is 8.79. The number of ether oxygens (including phenoxy) is 1. The number of aromatic hydroxyl groups is 1.